The molecule has 0 aromatic heterocycles. The minimum Gasteiger partial charge on any atom is -0.303 e. The predicted octanol–water partition coefficient (Wildman–Crippen LogP) is 6.64. The molecule has 1 rings (SSSR count). The highest BCUT2D eigenvalue weighted by Crippen LogP contribution is 2.50. The quantitative estimate of drug-likeness (QED) is 0.247. The Hall–Kier alpha value is -0.380. The SMILES string of the molecule is C/C(I)=C\CC/C(C)=C/CC1=CC[C@@H](C(C)C)[C@]1(C)CC=O. The zero-order chi connectivity index (χ0) is 16.8. The average molecular weight is 414 g/mol. The van der Waals surface area contributed by atoms with Crippen molar-refractivity contribution in [3.05, 3.63) is 33.0 Å². The van der Waals surface area contributed by atoms with Gasteiger partial charge in [0, 0.05) is 6.42 Å². The van der Waals surface area contributed by atoms with Gasteiger partial charge < -0.3 is 4.79 Å². The van der Waals surface area contributed by atoms with Crippen molar-refractivity contribution in [3.8, 4) is 0 Å². The van der Waals surface area contributed by atoms with Crippen LogP contribution in [0.15, 0.2) is 33.0 Å². The minimum absolute atomic E-state index is 0.0609. The van der Waals surface area contributed by atoms with Gasteiger partial charge in [-0.25, -0.2) is 0 Å². The van der Waals surface area contributed by atoms with E-state index < -0.39 is 0 Å². The third kappa shape index (κ3) is 5.36. The molecule has 0 saturated carbocycles. The fourth-order valence-corrected chi connectivity index (χ4v) is 3.98. The van der Waals surface area contributed by atoms with Crippen molar-refractivity contribution in [2.45, 2.75) is 66.7 Å². The number of rotatable bonds is 8. The van der Waals surface area contributed by atoms with Crippen LogP contribution in [0, 0.1) is 17.3 Å². The van der Waals surface area contributed by atoms with Gasteiger partial charge in [-0.05, 0) is 83.0 Å². The van der Waals surface area contributed by atoms with Gasteiger partial charge in [-0.15, -0.1) is 0 Å². The average Bonchev–Trinajstić information content (AvgIpc) is 2.73. The van der Waals surface area contributed by atoms with Gasteiger partial charge in [0.1, 0.15) is 6.29 Å². The van der Waals surface area contributed by atoms with E-state index in [1.54, 1.807) is 0 Å². The van der Waals surface area contributed by atoms with Crippen LogP contribution in [-0.2, 0) is 4.79 Å². The number of halogens is 1. The topological polar surface area (TPSA) is 17.1 Å². The molecular weight excluding hydrogens is 383 g/mol. The Bertz CT molecular complexity index is 466. The Morgan fingerprint density at radius 3 is 2.64 bits per heavy atom. The number of hydrogen-bond donors (Lipinski definition) is 0. The summed E-state index contributed by atoms with van der Waals surface area (Å²) in [5.74, 6) is 1.23. The highest BCUT2D eigenvalue weighted by Gasteiger charge is 2.41. The van der Waals surface area contributed by atoms with Crippen molar-refractivity contribution >= 4 is 28.9 Å². The van der Waals surface area contributed by atoms with Crippen LogP contribution in [0.25, 0.3) is 0 Å². The molecule has 0 spiro atoms. The van der Waals surface area contributed by atoms with E-state index >= 15 is 0 Å². The third-order valence-electron chi connectivity index (χ3n) is 5.12. The predicted molar refractivity (Wildman–Crippen MR) is 105 cm³/mol. The van der Waals surface area contributed by atoms with E-state index in [4.69, 9.17) is 0 Å². The lowest BCUT2D eigenvalue weighted by molar-refractivity contribution is -0.110. The molecule has 0 unspecified atom stereocenters. The highest BCUT2D eigenvalue weighted by molar-refractivity contribution is 14.1. The number of aldehydes is 1. The van der Waals surface area contributed by atoms with Crippen molar-refractivity contribution < 1.29 is 4.79 Å². The van der Waals surface area contributed by atoms with Crippen molar-refractivity contribution in [2.24, 2.45) is 17.3 Å². The van der Waals surface area contributed by atoms with Crippen LogP contribution in [0.3, 0.4) is 0 Å². The first-order valence-corrected chi connectivity index (χ1v) is 9.50. The Balaban J connectivity index is 2.71. The molecule has 0 aliphatic heterocycles. The second kappa shape index (κ2) is 9.05. The monoisotopic (exact) mass is 414 g/mol. The van der Waals surface area contributed by atoms with Gasteiger partial charge in [0.15, 0.2) is 0 Å². The molecule has 2 atom stereocenters. The van der Waals surface area contributed by atoms with Gasteiger partial charge in [-0.3, -0.25) is 0 Å². The fourth-order valence-electron chi connectivity index (χ4n) is 3.67. The lowest BCUT2D eigenvalue weighted by Gasteiger charge is -2.36. The Morgan fingerprint density at radius 1 is 1.41 bits per heavy atom. The van der Waals surface area contributed by atoms with Crippen LogP contribution >= 0.6 is 22.6 Å². The maximum atomic E-state index is 11.2. The van der Waals surface area contributed by atoms with Crippen LogP contribution in [-0.4, -0.2) is 6.29 Å². The Morgan fingerprint density at radius 2 is 2.09 bits per heavy atom. The zero-order valence-corrected chi connectivity index (χ0v) is 16.9. The van der Waals surface area contributed by atoms with Gasteiger partial charge >= 0.3 is 0 Å². The van der Waals surface area contributed by atoms with Crippen molar-refractivity contribution in [1.29, 1.82) is 0 Å². The number of carbonyl (C=O) groups is 1. The standard InChI is InChI=1S/C20H31IO/c1-15(2)19-12-11-18(20(19,5)13-14-22)10-9-16(3)7-6-8-17(4)21/h8-9,11,14-15,19H,6-7,10,12-13H2,1-5H3/b16-9+,17-8+/t19-,20+/m0/s1. The smallest absolute Gasteiger partial charge is 0.120 e. The number of allylic oxidation sites excluding steroid dienone is 6. The molecular formula is C20H31IO. The molecule has 1 nitrogen and oxygen atoms in total. The highest BCUT2D eigenvalue weighted by atomic mass is 127. The lowest BCUT2D eigenvalue weighted by atomic mass is 9.68. The summed E-state index contributed by atoms with van der Waals surface area (Å²) in [6, 6.07) is 0. The van der Waals surface area contributed by atoms with Gasteiger partial charge in [0.2, 0.25) is 0 Å². The summed E-state index contributed by atoms with van der Waals surface area (Å²) in [6.07, 6.45) is 13.2. The van der Waals surface area contributed by atoms with E-state index in [0.29, 0.717) is 18.3 Å². The second-order valence-electron chi connectivity index (χ2n) is 7.19. The van der Waals surface area contributed by atoms with Crippen molar-refractivity contribution in [3.63, 3.8) is 0 Å². The van der Waals surface area contributed by atoms with Crippen LogP contribution in [0.4, 0.5) is 0 Å². The molecule has 0 radical (unpaired) electrons. The molecule has 124 valence electrons. The van der Waals surface area contributed by atoms with Gasteiger partial charge in [-0.2, -0.15) is 0 Å². The Kier molecular flexibility index (Phi) is 8.09. The Labute approximate surface area is 150 Å². The molecule has 1 aliphatic rings. The summed E-state index contributed by atoms with van der Waals surface area (Å²) in [5.41, 5.74) is 2.99. The molecule has 0 aromatic rings. The normalized spacial score (nSPS) is 26.5. The molecule has 0 heterocycles. The molecule has 22 heavy (non-hydrogen) atoms. The van der Waals surface area contributed by atoms with Gasteiger partial charge in [0.25, 0.3) is 0 Å². The largest absolute Gasteiger partial charge is 0.303 e. The maximum Gasteiger partial charge on any atom is 0.120 e. The molecule has 0 saturated heterocycles. The van der Waals surface area contributed by atoms with Gasteiger partial charge in [-0.1, -0.05) is 50.1 Å². The molecule has 0 amide bonds. The first-order valence-electron chi connectivity index (χ1n) is 8.42. The van der Waals surface area contributed by atoms with E-state index in [0.717, 1.165) is 32.0 Å². The van der Waals surface area contributed by atoms with E-state index in [2.05, 4.69) is 75.4 Å². The first-order chi connectivity index (χ1) is 10.3. The lowest BCUT2D eigenvalue weighted by Crippen LogP contribution is -2.29. The molecule has 0 aromatic carbocycles. The van der Waals surface area contributed by atoms with E-state index in [1.165, 1.54) is 14.7 Å². The first kappa shape index (κ1) is 19.7. The fraction of sp³-hybridized carbons (Fsp3) is 0.650. The van der Waals surface area contributed by atoms with E-state index in [1.807, 2.05) is 0 Å². The molecule has 0 fully saturated rings. The maximum absolute atomic E-state index is 11.2. The zero-order valence-electron chi connectivity index (χ0n) is 14.8. The summed E-state index contributed by atoms with van der Waals surface area (Å²) in [4.78, 5) is 11.2. The molecule has 0 N–H and O–H groups in total. The summed E-state index contributed by atoms with van der Waals surface area (Å²) < 4.78 is 1.36. The molecule has 2 heteroatoms. The van der Waals surface area contributed by atoms with E-state index in [-0.39, 0.29) is 5.41 Å². The summed E-state index contributed by atoms with van der Waals surface area (Å²) in [7, 11) is 0. The number of hydrogen-bond acceptors (Lipinski definition) is 1. The van der Waals surface area contributed by atoms with E-state index in [9.17, 15) is 4.79 Å². The van der Waals surface area contributed by atoms with Crippen molar-refractivity contribution in [2.75, 3.05) is 0 Å². The summed E-state index contributed by atoms with van der Waals surface area (Å²) in [5, 5.41) is 0. The second-order valence-corrected chi connectivity index (χ2v) is 8.89. The van der Waals surface area contributed by atoms with Gasteiger partial charge in [0.05, 0.1) is 0 Å². The summed E-state index contributed by atoms with van der Waals surface area (Å²) in [6.45, 7) is 11.2. The summed E-state index contributed by atoms with van der Waals surface area (Å²) >= 11 is 2.36. The van der Waals surface area contributed by atoms with Crippen LogP contribution in [0.5, 0.6) is 0 Å². The van der Waals surface area contributed by atoms with Crippen LogP contribution < -0.4 is 0 Å². The molecule has 0 bridgehead atoms. The van der Waals surface area contributed by atoms with Crippen LogP contribution in [0.2, 0.25) is 0 Å². The van der Waals surface area contributed by atoms with Crippen LogP contribution in [0.1, 0.15) is 66.7 Å². The molecule has 1 aliphatic carbocycles. The van der Waals surface area contributed by atoms with Crippen molar-refractivity contribution in [1.82, 2.24) is 0 Å². The minimum atomic E-state index is 0.0609. The number of carbonyl (C=O) groups excluding carboxylic acids is 1. The third-order valence-corrected chi connectivity index (χ3v) is 5.56.